The van der Waals surface area contributed by atoms with Gasteiger partial charge < -0.3 is 10.6 Å². The van der Waals surface area contributed by atoms with Crippen molar-refractivity contribution in [2.45, 2.75) is 25.2 Å². The van der Waals surface area contributed by atoms with Crippen molar-refractivity contribution in [1.82, 2.24) is 15.5 Å². The number of nitrogens with zero attached hydrogens (tertiary/aromatic N) is 2. The molecule has 0 bridgehead atoms. The van der Waals surface area contributed by atoms with Gasteiger partial charge in [-0.05, 0) is 25.0 Å². The minimum atomic E-state index is -0.946. The number of anilines is 1. The van der Waals surface area contributed by atoms with E-state index in [0.717, 1.165) is 30.0 Å². The van der Waals surface area contributed by atoms with Crippen LogP contribution in [0.3, 0.4) is 0 Å². The average Bonchev–Trinajstić information content (AvgIpc) is 3.27. The first-order valence-corrected chi connectivity index (χ1v) is 8.21. The Labute approximate surface area is 140 Å². The first-order chi connectivity index (χ1) is 11.5. The number of benzene rings is 1. The molecule has 1 fully saturated rings. The molecule has 3 rings (SSSR count). The lowest BCUT2D eigenvalue weighted by molar-refractivity contribution is -0.116. The number of rotatable bonds is 6. The van der Waals surface area contributed by atoms with E-state index in [0.29, 0.717) is 17.1 Å². The van der Waals surface area contributed by atoms with Crippen LogP contribution >= 0.6 is 11.3 Å². The lowest BCUT2D eigenvalue weighted by Gasteiger charge is -2.06. The molecule has 0 aliphatic heterocycles. The smallest absolute Gasteiger partial charge is 0.254 e. The molecule has 0 spiro atoms. The van der Waals surface area contributed by atoms with E-state index in [-0.39, 0.29) is 24.4 Å². The van der Waals surface area contributed by atoms with Gasteiger partial charge in [-0.3, -0.25) is 9.59 Å². The maximum atomic E-state index is 13.5. The van der Waals surface area contributed by atoms with Crippen LogP contribution in [0.25, 0.3) is 0 Å². The summed E-state index contributed by atoms with van der Waals surface area (Å²) in [5.74, 6) is -2.26. The van der Waals surface area contributed by atoms with Crippen LogP contribution in [0, 0.1) is 11.6 Å². The molecular formula is C15H14F2N4O2S. The van der Waals surface area contributed by atoms with Gasteiger partial charge in [0.05, 0.1) is 5.56 Å². The maximum Gasteiger partial charge on any atom is 0.254 e. The lowest BCUT2D eigenvalue weighted by Crippen LogP contribution is -2.28. The van der Waals surface area contributed by atoms with Gasteiger partial charge in [-0.15, -0.1) is 10.2 Å². The van der Waals surface area contributed by atoms with Gasteiger partial charge >= 0.3 is 0 Å². The fraction of sp³-hybridized carbons (Fsp3) is 0.333. The SMILES string of the molecule is O=C(CCNC(=O)c1ccc(F)cc1F)Nc1nnc(C2CC2)s1. The third kappa shape index (κ3) is 4.10. The molecule has 1 aliphatic rings. The molecule has 2 aromatic rings. The van der Waals surface area contributed by atoms with E-state index in [1.54, 1.807) is 0 Å². The number of nitrogens with one attached hydrogen (secondary N) is 2. The van der Waals surface area contributed by atoms with E-state index in [2.05, 4.69) is 20.8 Å². The van der Waals surface area contributed by atoms with Crippen molar-refractivity contribution in [3.05, 3.63) is 40.4 Å². The van der Waals surface area contributed by atoms with Crippen molar-refractivity contribution >= 4 is 28.3 Å². The summed E-state index contributed by atoms with van der Waals surface area (Å²) in [6, 6.07) is 2.69. The Morgan fingerprint density at radius 1 is 1.25 bits per heavy atom. The van der Waals surface area contributed by atoms with Crippen LogP contribution in [-0.2, 0) is 4.79 Å². The van der Waals surface area contributed by atoms with E-state index in [1.807, 2.05) is 0 Å². The van der Waals surface area contributed by atoms with Crippen LogP contribution in [0.15, 0.2) is 18.2 Å². The Hall–Kier alpha value is -2.42. The quantitative estimate of drug-likeness (QED) is 0.836. The topological polar surface area (TPSA) is 84.0 Å². The van der Waals surface area contributed by atoms with Crippen molar-refractivity contribution in [1.29, 1.82) is 0 Å². The highest BCUT2D eigenvalue weighted by Gasteiger charge is 2.27. The largest absolute Gasteiger partial charge is 0.351 e. The highest BCUT2D eigenvalue weighted by Crippen LogP contribution is 2.42. The lowest BCUT2D eigenvalue weighted by atomic mass is 10.2. The summed E-state index contributed by atoms with van der Waals surface area (Å²) in [5.41, 5.74) is -0.269. The molecule has 1 heterocycles. The fourth-order valence-electron chi connectivity index (χ4n) is 2.02. The number of aromatic nitrogens is 2. The van der Waals surface area contributed by atoms with Crippen LogP contribution < -0.4 is 10.6 Å². The minimum absolute atomic E-state index is 0.00684. The molecule has 2 N–H and O–H groups in total. The second-order valence-electron chi connectivity index (χ2n) is 5.40. The maximum absolute atomic E-state index is 13.5. The predicted octanol–water partition coefficient (Wildman–Crippen LogP) is 2.45. The number of hydrogen-bond donors (Lipinski definition) is 2. The molecule has 1 aromatic carbocycles. The third-order valence-electron chi connectivity index (χ3n) is 3.43. The molecule has 1 aliphatic carbocycles. The van der Waals surface area contributed by atoms with Crippen molar-refractivity contribution in [3.63, 3.8) is 0 Å². The van der Waals surface area contributed by atoms with Gasteiger partial charge in [0.15, 0.2) is 0 Å². The second kappa shape index (κ2) is 7.00. The van der Waals surface area contributed by atoms with Gasteiger partial charge in [-0.2, -0.15) is 0 Å². The molecule has 1 aromatic heterocycles. The van der Waals surface area contributed by atoms with Gasteiger partial charge in [-0.25, -0.2) is 8.78 Å². The molecule has 24 heavy (non-hydrogen) atoms. The van der Waals surface area contributed by atoms with Crippen molar-refractivity contribution in [3.8, 4) is 0 Å². The second-order valence-corrected chi connectivity index (χ2v) is 6.41. The van der Waals surface area contributed by atoms with E-state index in [9.17, 15) is 18.4 Å². The third-order valence-corrected chi connectivity index (χ3v) is 4.43. The molecular weight excluding hydrogens is 338 g/mol. The summed E-state index contributed by atoms with van der Waals surface area (Å²) in [5, 5.41) is 14.3. The highest BCUT2D eigenvalue weighted by molar-refractivity contribution is 7.15. The predicted molar refractivity (Wildman–Crippen MR) is 83.8 cm³/mol. The van der Waals surface area contributed by atoms with E-state index in [4.69, 9.17) is 0 Å². The summed E-state index contributed by atoms with van der Waals surface area (Å²) in [4.78, 5) is 23.6. The summed E-state index contributed by atoms with van der Waals surface area (Å²) < 4.78 is 26.2. The van der Waals surface area contributed by atoms with Crippen LogP contribution in [0.1, 0.15) is 40.5 Å². The first kappa shape index (κ1) is 16.4. The zero-order valence-electron chi connectivity index (χ0n) is 12.5. The van der Waals surface area contributed by atoms with E-state index < -0.39 is 17.5 Å². The summed E-state index contributed by atoms with van der Waals surface area (Å²) in [6.07, 6.45) is 2.22. The Morgan fingerprint density at radius 2 is 2.04 bits per heavy atom. The Balaban J connectivity index is 1.44. The molecule has 2 amide bonds. The Bertz CT molecular complexity index is 777. The fourth-order valence-corrected chi connectivity index (χ4v) is 2.95. The Kier molecular flexibility index (Phi) is 4.79. The standard InChI is InChI=1S/C15H14F2N4O2S/c16-9-3-4-10(11(17)7-9)13(23)18-6-5-12(22)19-15-21-20-14(24-15)8-1-2-8/h3-4,7-8H,1-2,5-6H2,(H,18,23)(H,19,21,22). The van der Waals surface area contributed by atoms with Crippen molar-refractivity contribution < 1.29 is 18.4 Å². The number of amides is 2. The van der Waals surface area contributed by atoms with Crippen LogP contribution in [0.5, 0.6) is 0 Å². The molecule has 0 unspecified atom stereocenters. The Morgan fingerprint density at radius 3 is 2.75 bits per heavy atom. The van der Waals surface area contributed by atoms with Crippen LogP contribution in [0.2, 0.25) is 0 Å². The van der Waals surface area contributed by atoms with E-state index >= 15 is 0 Å². The van der Waals surface area contributed by atoms with Gasteiger partial charge in [-0.1, -0.05) is 11.3 Å². The van der Waals surface area contributed by atoms with E-state index in [1.165, 1.54) is 11.3 Å². The zero-order chi connectivity index (χ0) is 17.1. The number of halogens is 2. The monoisotopic (exact) mass is 352 g/mol. The van der Waals surface area contributed by atoms with Gasteiger partial charge in [0.2, 0.25) is 11.0 Å². The zero-order valence-corrected chi connectivity index (χ0v) is 13.3. The molecule has 0 radical (unpaired) electrons. The molecule has 0 atom stereocenters. The summed E-state index contributed by atoms with van der Waals surface area (Å²) >= 11 is 1.35. The molecule has 1 saturated carbocycles. The first-order valence-electron chi connectivity index (χ1n) is 7.39. The summed E-state index contributed by atoms with van der Waals surface area (Å²) in [7, 11) is 0. The van der Waals surface area contributed by atoms with Crippen LogP contribution in [-0.4, -0.2) is 28.6 Å². The molecule has 6 nitrogen and oxygen atoms in total. The minimum Gasteiger partial charge on any atom is -0.351 e. The van der Waals surface area contributed by atoms with Crippen molar-refractivity contribution in [2.75, 3.05) is 11.9 Å². The average molecular weight is 352 g/mol. The van der Waals surface area contributed by atoms with Gasteiger partial charge in [0.25, 0.3) is 5.91 Å². The summed E-state index contributed by atoms with van der Waals surface area (Å²) in [6.45, 7) is 0.0236. The number of carbonyl (C=O) groups is 2. The number of carbonyl (C=O) groups excluding carboxylic acids is 2. The van der Waals surface area contributed by atoms with Crippen molar-refractivity contribution in [2.24, 2.45) is 0 Å². The molecule has 126 valence electrons. The molecule has 0 saturated heterocycles. The normalized spacial score (nSPS) is 13.6. The van der Waals surface area contributed by atoms with Gasteiger partial charge in [0, 0.05) is 24.9 Å². The van der Waals surface area contributed by atoms with Gasteiger partial charge in [0.1, 0.15) is 16.6 Å². The highest BCUT2D eigenvalue weighted by atomic mass is 32.1. The number of hydrogen-bond acceptors (Lipinski definition) is 5. The van der Waals surface area contributed by atoms with Crippen LogP contribution in [0.4, 0.5) is 13.9 Å². The molecule has 9 heteroatoms.